The number of carboxylic acid groups (broad SMARTS) is 1. The summed E-state index contributed by atoms with van der Waals surface area (Å²) in [5, 5.41) is 8.75. The molecule has 1 aromatic carbocycles. The Hall–Kier alpha value is -3.04. The van der Waals surface area contributed by atoms with Gasteiger partial charge in [-0.3, -0.25) is 9.69 Å². The normalized spacial score (nSPS) is 16.0. The Morgan fingerprint density at radius 2 is 1.41 bits per heavy atom. The van der Waals surface area contributed by atoms with Crippen LogP contribution in [0.5, 0.6) is 0 Å². The van der Waals surface area contributed by atoms with Crippen molar-refractivity contribution in [1.82, 2.24) is 9.80 Å². The standard InChI is InChI=1S/C18H15F9N2O5/c19-16(20,21)11-6-9(5-10(7-11)12(30)13(31)32)8-28-1-3-29(4-2-28)15(33)34-14(17(22,23)24)18(25,26)27/h5-7,14H,1-4,8H2,(H,31,32). The van der Waals surface area contributed by atoms with E-state index in [9.17, 15) is 53.9 Å². The smallest absolute Gasteiger partial charge is 0.434 e. The molecule has 1 saturated heterocycles. The van der Waals surface area contributed by atoms with Gasteiger partial charge in [0.15, 0.2) is 0 Å². The van der Waals surface area contributed by atoms with Gasteiger partial charge in [-0.2, -0.15) is 39.5 Å². The Kier molecular flexibility index (Phi) is 7.74. The van der Waals surface area contributed by atoms with Crippen molar-refractivity contribution in [3.63, 3.8) is 0 Å². The first-order valence-electron chi connectivity index (χ1n) is 9.19. The Morgan fingerprint density at radius 3 is 1.85 bits per heavy atom. The van der Waals surface area contributed by atoms with Crippen LogP contribution in [0.3, 0.4) is 0 Å². The molecule has 0 bridgehead atoms. The van der Waals surface area contributed by atoms with Gasteiger partial charge in [0.1, 0.15) is 0 Å². The molecule has 34 heavy (non-hydrogen) atoms. The average molecular weight is 510 g/mol. The number of carbonyl (C=O) groups is 3. The molecule has 0 saturated carbocycles. The fraction of sp³-hybridized carbons (Fsp3) is 0.500. The lowest BCUT2D eigenvalue weighted by Crippen LogP contribution is -2.52. The third-order valence-corrected chi connectivity index (χ3v) is 4.63. The lowest BCUT2D eigenvalue weighted by Gasteiger charge is -2.35. The minimum Gasteiger partial charge on any atom is -0.475 e. The van der Waals surface area contributed by atoms with Crippen LogP contribution < -0.4 is 0 Å². The van der Waals surface area contributed by atoms with E-state index < -0.39 is 66.7 Å². The lowest BCUT2D eigenvalue weighted by molar-refractivity contribution is -0.308. The number of rotatable bonds is 5. The molecule has 1 N–H and O–H groups in total. The van der Waals surface area contributed by atoms with Gasteiger partial charge in [0.2, 0.25) is 0 Å². The minimum atomic E-state index is -5.88. The van der Waals surface area contributed by atoms with Crippen LogP contribution in [0.25, 0.3) is 0 Å². The van der Waals surface area contributed by atoms with Crippen molar-refractivity contribution in [2.45, 2.75) is 31.2 Å². The van der Waals surface area contributed by atoms with Crippen molar-refractivity contribution in [2.24, 2.45) is 0 Å². The highest BCUT2D eigenvalue weighted by Gasteiger charge is 2.60. The Bertz CT molecular complexity index is 921. The number of ether oxygens (including phenoxy) is 1. The largest absolute Gasteiger partial charge is 0.475 e. The quantitative estimate of drug-likeness (QED) is 0.369. The molecule has 7 nitrogen and oxygen atoms in total. The summed E-state index contributed by atoms with van der Waals surface area (Å²) in [5.41, 5.74) is -2.14. The monoisotopic (exact) mass is 510 g/mol. The molecule has 0 atom stereocenters. The predicted octanol–water partition coefficient (Wildman–Crippen LogP) is 3.72. The molecule has 1 aliphatic rings. The maximum atomic E-state index is 13.1. The van der Waals surface area contributed by atoms with Crippen LogP contribution in [0.4, 0.5) is 44.3 Å². The van der Waals surface area contributed by atoms with Crippen molar-refractivity contribution in [2.75, 3.05) is 26.2 Å². The summed E-state index contributed by atoms with van der Waals surface area (Å²) >= 11 is 0. The molecule has 0 unspecified atom stereocenters. The number of alkyl halides is 9. The molecule has 0 aliphatic carbocycles. The van der Waals surface area contributed by atoms with Gasteiger partial charge in [-0.15, -0.1) is 0 Å². The zero-order valence-electron chi connectivity index (χ0n) is 16.7. The predicted molar refractivity (Wildman–Crippen MR) is 92.6 cm³/mol. The molecule has 190 valence electrons. The summed E-state index contributed by atoms with van der Waals surface area (Å²) < 4.78 is 118. The number of hydrogen-bond acceptors (Lipinski definition) is 5. The summed E-state index contributed by atoms with van der Waals surface area (Å²) in [4.78, 5) is 36.2. The number of aliphatic carboxylic acids is 1. The van der Waals surface area contributed by atoms with Crippen molar-refractivity contribution in [3.8, 4) is 0 Å². The van der Waals surface area contributed by atoms with Crippen LogP contribution in [0.15, 0.2) is 18.2 Å². The van der Waals surface area contributed by atoms with Gasteiger partial charge < -0.3 is 14.7 Å². The highest BCUT2D eigenvalue weighted by molar-refractivity contribution is 6.39. The van der Waals surface area contributed by atoms with Crippen LogP contribution in [0, 0.1) is 0 Å². The third kappa shape index (κ3) is 6.98. The van der Waals surface area contributed by atoms with Crippen molar-refractivity contribution >= 4 is 17.8 Å². The number of halogens is 9. The molecule has 2 rings (SSSR count). The van der Waals surface area contributed by atoms with Crippen LogP contribution in [0.2, 0.25) is 0 Å². The maximum absolute atomic E-state index is 13.1. The van der Waals surface area contributed by atoms with Gasteiger partial charge in [0, 0.05) is 38.3 Å². The summed E-state index contributed by atoms with van der Waals surface area (Å²) in [6.45, 7) is -1.42. The van der Waals surface area contributed by atoms with Gasteiger partial charge in [-0.1, -0.05) is 0 Å². The van der Waals surface area contributed by atoms with E-state index in [1.807, 2.05) is 0 Å². The zero-order valence-corrected chi connectivity index (χ0v) is 16.7. The third-order valence-electron chi connectivity index (χ3n) is 4.63. The Balaban J connectivity index is 2.09. The molecule has 1 heterocycles. The summed E-state index contributed by atoms with van der Waals surface area (Å²) in [5.74, 6) is -3.56. The molecule has 0 spiro atoms. The SMILES string of the molecule is O=C(O)C(=O)c1cc(CN2CCN(C(=O)OC(C(F)(F)F)C(F)(F)F)CC2)cc(C(F)(F)F)c1. The van der Waals surface area contributed by atoms with Crippen LogP contribution >= 0.6 is 0 Å². The van der Waals surface area contributed by atoms with Crippen LogP contribution in [-0.4, -0.2) is 77.4 Å². The topological polar surface area (TPSA) is 87.2 Å². The van der Waals surface area contributed by atoms with Crippen LogP contribution in [0.1, 0.15) is 21.5 Å². The Labute approximate surface area is 184 Å². The summed E-state index contributed by atoms with van der Waals surface area (Å²) in [7, 11) is 0. The first-order chi connectivity index (χ1) is 15.4. The lowest BCUT2D eigenvalue weighted by atomic mass is 10.0. The van der Waals surface area contributed by atoms with Gasteiger partial charge in [0.05, 0.1) is 5.56 Å². The second-order valence-corrected chi connectivity index (χ2v) is 7.16. The fourth-order valence-corrected chi connectivity index (χ4v) is 3.04. The first-order valence-corrected chi connectivity index (χ1v) is 9.19. The molecule has 1 amide bonds. The van der Waals surface area contributed by atoms with E-state index in [1.54, 1.807) is 0 Å². The molecule has 0 aromatic heterocycles. The number of carboxylic acids is 1. The molecule has 16 heteroatoms. The number of benzene rings is 1. The number of piperazine rings is 1. The highest BCUT2D eigenvalue weighted by atomic mass is 19.4. The van der Waals surface area contributed by atoms with Gasteiger partial charge in [-0.25, -0.2) is 9.59 Å². The first kappa shape index (κ1) is 27.2. The molecular formula is C18H15F9N2O5. The van der Waals surface area contributed by atoms with Crippen molar-refractivity contribution in [3.05, 3.63) is 34.9 Å². The highest BCUT2D eigenvalue weighted by Crippen LogP contribution is 2.36. The van der Waals surface area contributed by atoms with E-state index >= 15 is 0 Å². The van der Waals surface area contributed by atoms with Gasteiger partial charge >= 0.3 is 30.6 Å². The van der Waals surface area contributed by atoms with E-state index in [0.717, 1.165) is 6.07 Å². The van der Waals surface area contributed by atoms with Crippen molar-refractivity contribution < 1.29 is 63.7 Å². The number of hydrogen-bond donors (Lipinski definition) is 1. The minimum absolute atomic E-state index is 0.121. The molecule has 1 aliphatic heterocycles. The van der Waals surface area contributed by atoms with E-state index in [4.69, 9.17) is 5.11 Å². The number of carbonyl (C=O) groups excluding carboxylic acids is 2. The second-order valence-electron chi connectivity index (χ2n) is 7.16. The summed E-state index contributed by atoms with van der Waals surface area (Å²) in [6, 6.07) is 1.95. The van der Waals surface area contributed by atoms with E-state index in [0.29, 0.717) is 17.0 Å². The van der Waals surface area contributed by atoms with E-state index in [2.05, 4.69) is 4.74 Å². The molecular weight excluding hydrogens is 495 g/mol. The van der Waals surface area contributed by atoms with Gasteiger partial charge in [-0.05, 0) is 23.8 Å². The second kappa shape index (κ2) is 9.68. The Morgan fingerprint density at radius 1 is 0.882 bits per heavy atom. The summed E-state index contributed by atoms with van der Waals surface area (Å²) in [6.07, 6.45) is -22.9. The number of ketones is 1. The average Bonchev–Trinajstić information content (AvgIpc) is 2.69. The maximum Gasteiger partial charge on any atom is 0.434 e. The zero-order chi connectivity index (χ0) is 26.1. The van der Waals surface area contributed by atoms with Crippen LogP contribution in [-0.2, 0) is 22.3 Å². The number of amides is 1. The van der Waals surface area contributed by atoms with Crippen molar-refractivity contribution in [1.29, 1.82) is 0 Å². The molecule has 0 radical (unpaired) electrons. The van der Waals surface area contributed by atoms with Gasteiger partial charge in [0.25, 0.3) is 11.9 Å². The molecule has 1 aromatic rings. The molecule has 1 fully saturated rings. The fourth-order valence-electron chi connectivity index (χ4n) is 3.04. The number of nitrogens with zero attached hydrogens (tertiary/aromatic N) is 2. The van der Waals surface area contributed by atoms with E-state index in [1.165, 1.54) is 4.90 Å². The van der Waals surface area contributed by atoms with E-state index in [-0.39, 0.29) is 25.2 Å². The number of Topliss-reactive ketones (excluding diaryl/α,β-unsaturated/α-hetero) is 1.